The molecule has 0 saturated carbocycles. The molecule has 0 aliphatic carbocycles. The minimum Gasteiger partial charge on any atom is -0.383 e. The summed E-state index contributed by atoms with van der Waals surface area (Å²) in [4.78, 5) is 30.1. The fourth-order valence-corrected chi connectivity index (χ4v) is 4.39. The third kappa shape index (κ3) is 11.0. The number of rotatable bonds is 18. The standard InChI is InChI=1S/C30H47N3O3/c1-5-6-7-8-9-13-18-29(34)33(22-26(2)3)25-30(35)32(20-21-36-4)24-28-17-14-19-31(28)23-27-15-11-10-12-16-27/h10-12,14-17,19,26H,5-9,13,18,20-25H2,1-4H3. The van der Waals surface area contributed by atoms with Gasteiger partial charge in [0.2, 0.25) is 11.8 Å². The van der Waals surface area contributed by atoms with Crippen LogP contribution in [0.1, 0.15) is 77.0 Å². The van der Waals surface area contributed by atoms with E-state index in [1.54, 1.807) is 12.0 Å². The van der Waals surface area contributed by atoms with Gasteiger partial charge in [0.05, 0.1) is 19.7 Å². The second-order valence-electron chi connectivity index (χ2n) is 10.1. The quantitative estimate of drug-likeness (QED) is 0.247. The summed E-state index contributed by atoms with van der Waals surface area (Å²) in [5, 5.41) is 0. The monoisotopic (exact) mass is 497 g/mol. The molecule has 0 aliphatic heterocycles. The van der Waals surface area contributed by atoms with E-state index in [4.69, 9.17) is 4.74 Å². The van der Waals surface area contributed by atoms with E-state index in [1.807, 2.05) is 29.2 Å². The van der Waals surface area contributed by atoms with E-state index in [0.29, 0.717) is 38.6 Å². The normalized spacial score (nSPS) is 11.1. The summed E-state index contributed by atoms with van der Waals surface area (Å²) in [5.74, 6) is 0.366. The molecule has 1 heterocycles. The van der Waals surface area contributed by atoms with Gasteiger partial charge in [-0.3, -0.25) is 9.59 Å². The number of ether oxygens (including phenoxy) is 1. The summed E-state index contributed by atoms with van der Waals surface area (Å²) >= 11 is 0. The minimum atomic E-state index is -0.0311. The molecule has 1 aromatic heterocycles. The highest BCUT2D eigenvalue weighted by atomic mass is 16.5. The van der Waals surface area contributed by atoms with Gasteiger partial charge in [-0.2, -0.15) is 0 Å². The highest BCUT2D eigenvalue weighted by Crippen LogP contribution is 2.13. The molecule has 6 heteroatoms. The van der Waals surface area contributed by atoms with E-state index in [1.165, 1.54) is 31.2 Å². The Labute approximate surface area is 218 Å². The van der Waals surface area contributed by atoms with Crippen molar-refractivity contribution in [1.29, 1.82) is 0 Å². The molecule has 2 aromatic rings. The smallest absolute Gasteiger partial charge is 0.242 e. The number of unbranched alkanes of at least 4 members (excludes halogenated alkanes) is 5. The lowest BCUT2D eigenvalue weighted by Crippen LogP contribution is -2.45. The maximum Gasteiger partial charge on any atom is 0.242 e. The van der Waals surface area contributed by atoms with Crippen LogP contribution in [-0.4, -0.2) is 59.5 Å². The van der Waals surface area contributed by atoms with Gasteiger partial charge in [-0.15, -0.1) is 0 Å². The maximum atomic E-state index is 13.5. The summed E-state index contributed by atoms with van der Waals surface area (Å²) in [5.41, 5.74) is 2.28. The predicted molar refractivity (Wildman–Crippen MR) is 147 cm³/mol. The number of hydrogen-bond acceptors (Lipinski definition) is 3. The van der Waals surface area contributed by atoms with Gasteiger partial charge in [-0.1, -0.05) is 83.2 Å². The Morgan fingerprint density at radius 1 is 0.917 bits per heavy atom. The average Bonchev–Trinajstić information content (AvgIpc) is 3.29. The Bertz CT molecular complexity index is 879. The summed E-state index contributed by atoms with van der Waals surface area (Å²) < 4.78 is 7.48. The number of carbonyl (C=O) groups is 2. The number of amides is 2. The molecule has 0 spiro atoms. The first-order valence-electron chi connectivity index (χ1n) is 13.7. The van der Waals surface area contributed by atoms with Crippen LogP contribution in [0.4, 0.5) is 0 Å². The van der Waals surface area contributed by atoms with Gasteiger partial charge in [-0.05, 0) is 30.0 Å². The van der Waals surface area contributed by atoms with E-state index >= 15 is 0 Å². The number of carbonyl (C=O) groups excluding carboxylic acids is 2. The van der Waals surface area contributed by atoms with Crippen LogP contribution < -0.4 is 0 Å². The van der Waals surface area contributed by atoms with Crippen molar-refractivity contribution >= 4 is 11.8 Å². The van der Waals surface area contributed by atoms with Crippen molar-refractivity contribution in [2.24, 2.45) is 5.92 Å². The second-order valence-corrected chi connectivity index (χ2v) is 10.1. The SMILES string of the molecule is CCCCCCCCC(=O)N(CC(=O)N(CCOC)Cc1cccn1Cc1ccccc1)CC(C)C. The number of benzene rings is 1. The van der Waals surface area contributed by atoms with Crippen molar-refractivity contribution in [2.45, 2.75) is 78.8 Å². The van der Waals surface area contributed by atoms with Crippen LogP contribution in [0.2, 0.25) is 0 Å². The zero-order valence-electron chi connectivity index (χ0n) is 23.0. The van der Waals surface area contributed by atoms with Gasteiger partial charge < -0.3 is 19.1 Å². The molecule has 36 heavy (non-hydrogen) atoms. The average molecular weight is 498 g/mol. The second kappa shape index (κ2) is 17.0. The fourth-order valence-electron chi connectivity index (χ4n) is 4.39. The van der Waals surface area contributed by atoms with Gasteiger partial charge in [0, 0.05) is 45.1 Å². The van der Waals surface area contributed by atoms with Gasteiger partial charge in [0.15, 0.2) is 0 Å². The Morgan fingerprint density at radius 2 is 1.64 bits per heavy atom. The highest BCUT2D eigenvalue weighted by molar-refractivity contribution is 5.84. The molecule has 0 radical (unpaired) electrons. The third-order valence-corrected chi connectivity index (χ3v) is 6.40. The number of hydrogen-bond donors (Lipinski definition) is 0. The van der Waals surface area contributed by atoms with Crippen molar-refractivity contribution in [2.75, 3.05) is 33.4 Å². The summed E-state index contributed by atoms with van der Waals surface area (Å²) in [6, 6.07) is 14.4. The molecular formula is C30H47N3O3. The Hall–Kier alpha value is -2.60. The molecule has 0 fully saturated rings. The molecule has 0 bridgehead atoms. The minimum absolute atomic E-state index is 0.0311. The van der Waals surface area contributed by atoms with Gasteiger partial charge in [-0.25, -0.2) is 0 Å². The summed E-state index contributed by atoms with van der Waals surface area (Å²) in [6.07, 6.45) is 9.44. The Kier molecular flexibility index (Phi) is 14.0. The molecule has 1 aromatic carbocycles. The van der Waals surface area contributed by atoms with Crippen molar-refractivity contribution in [3.05, 3.63) is 59.9 Å². The van der Waals surface area contributed by atoms with Gasteiger partial charge >= 0.3 is 0 Å². The van der Waals surface area contributed by atoms with Crippen LogP contribution in [0.15, 0.2) is 48.7 Å². The van der Waals surface area contributed by atoms with Crippen LogP contribution >= 0.6 is 0 Å². The number of aromatic nitrogens is 1. The molecule has 6 nitrogen and oxygen atoms in total. The molecule has 0 aliphatic rings. The lowest BCUT2D eigenvalue weighted by molar-refractivity contribution is -0.141. The Morgan fingerprint density at radius 3 is 2.33 bits per heavy atom. The van der Waals surface area contributed by atoms with Gasteiger partial charge in [0.25, 0.3) is 0 Å². The Balaban J connectivity index is 2.02. The number of nitrogens with zero attached hydrogens (tertiary/aromatic N) is 3. The largest absolute Gasteiger partial charge is 0.383 e. The molecule has 200 valence electrons. The first kappa shape index (κ1) is 29.6. The van der Waals surface area contributed by atoms with Crippen LogP contribution in [0.3, 0.4) is 0 Å². The summed E-state index contributed by atoms with van der Waals surface area (Å²) in [7, 11) is 1.65. The molecule has 0 N–H and O–H groups in total. The van der Waals surface area contributed by atoms with E-state index in [0.717, 1.165) is 25.1 Å². The molecule has 2 rings (SSSR count). The van der Waals surface area contributed by atoms with Crippen LogP contribution in [0.5, 0.6) is 0 Å². The predicted octanol–water partition coefficient (Wildman–Crippen LogP) is 5.75. The van der Waals surface area contributed by atoms with Crippen molar-refractivity contribution in [3.63, 3.8) is 0 Å². The van der Waals surface area contributed by atoms with Crippen molar-refractivity contribution in [1.82, 2.24) is 14.4 Å². The molecule has 2 amide bonds. The lowest BCUT2D eigenvalue weighted by atomic mass is 10.1. The zero-order valence-corrected chi connectivity index (χ0v) is 23.0. The van der Waals surface area contributed by atoms with Gasteiger partial charge in [0.1, 0.15) is 0 Å². The van der Waals surface area contributed by atoms with Crippen LogP contribution in [0, 0.1) is 5.92 Å². The van der Waals surface area contributed by atoms with E-state index in [9.17, 15) is 9.59 Å². The molecule has 0 unspecified atom stereocenters. The third-order valence-electron chi connectivity index (χ3n) is 6.40. The molecule has 0 saturated heterocycles. The van der Waals surface area contributed by atoms with E-state index in [-0.39, 0.29) is 18.4 Å². The van der Waals surface area contributed by atoms with E-state index in [2.05, 4.69) is 49.7 Å². The number of methoxy groups -OCH3 is 1. The topological polar surface area (TPSA) is 54.8 Å². The lowest BCUT2D eigenvalue weighted by Gasteiger charge is -2.29. The molecular weight excluding hydrogens is 450 g/mol. The first-order valence-corrected chi connectivity index (χ1v) is 13.7. The van der Waals surface area contributed by atoms with Crippen LogP contribution in [-0.2, 0) is 27.4 Å². The first-order chi connectivity index (χ1) is 17.4. The fraction of sp³-hybridized carbons (Fsp3) is 0.600. The van der Waals surface area contributed by atoms with Crippen molar-refractivity contribution in [3.8, 4) is 0 Å². The van der Waals surface area contributed by atoms with E-state index < -0.39 is 0 Å². The summed E-state index contributed by atoms with van der Waals surface area (Å²) in [6.45, 7) is 9.31. The van der Waals surface area contributed by atoms with Crippen molar-refractivity contribution < 1.29 is 14.3 Å². The van der Waals surface area contributed by atoms with Crippen LogP contribution in [0.25, 0.3) is 0 Å². The zero-order chi connectivity index (χ0) is 26.2. The molecule has 0 atom stereocenters. The maximum absolute atomic E-state index is 13.5. The highest BCUT2D eigenvalue weighted by Gasteiger charge is 2.22.